The van der Waals surface area contributed by atoms with Crippen LogP contribution in [0.15, 0.2) is 0 Å². The van der Waals surface area contributed by atoms with E-state index < -0.39 is 0 Å². The molecule has 0 spiro atoms. The lowest BCUT2D eigenvalue weighted by atomic mass is 10.3. The normalized spacial score (nSPS) is 12.6. The molecule has 0 aliphatic heterocycles. The molecule has 0 radical (unpaired) electrons. The Kier molecular flexibility index (Phi) is 6.30. The fraction of sp³-hybridized carbons (Fsp3) is 0.600. The number of hydrogen-bond acceptors (Lipinski definition) is 1. The average molecular weight is 242 g/mol. The molecule has 0 heterocycles. The van der Waals surface area contributed by atoms with Gasteiger partial charge in [0.2, 0.25) is 0 Å². The molecule has 0 amide bonds. The molecule has 0 aromatic carbocycles. The van der Waals surface area contributed by atoms with Gasteiger partial charge < -0.3 is 4.52 Å². The van der Waals surface area contributed by atoms with Crippen molar-refractivity contribution >= 4 is 32.1 Å². The molecule has 0 N–H and O–H groups in total. The number of halogens is 1. The molecule has 0 aliphatic rings. The van der Waals surface area contributed by atoms with Crippen LogP contribution in [0.2, 0.25) is 0 Å². The van der Waals surface area contributed by atoms with Gasteiger partial charge in [-0.2, -0.15) is 0 Å². The first-order valence-electron chi connectivity index (χ1n) is 2.24. The molecule has 2 atom stereocenters. The van der Waals surface area contributed by atoms with Crippen LogP contribution in [0.1, 0.15) is 12.8 Å². The molecule has 0 fully saturated rings. The monoisotopic (exact) mass is 242 g/mol. The van der Waals surface area contributed by atoms with Gasteiger partial charge in [-0.25, -0.2) is 0 Å². The zero-order chi connectivity index (χ0) is 6.41. The van der Waals surface area contributed by atoms with Crippen molar-refractivity contribution in [2.45, 2.75) is 17.0 Å². The minimum absolute atomic E-state index is 0.244. The van der Waals surface area contributed by atoms with E-state index in [1.165, 1.54) is 0 Å². The summed E-state index contributed by atoms with van der Waals surface area (Å²) in [4.78, 5) is 0. The molecule has 0 rings (SSSR count). The lowest BCUT2D eigenvalue weighted by Gasteiger charge is -2.01. The maximum atomic E-state index is 5.02. The van der Waals surface area contributed by atoms with Crippen LogP contribution in [-0.4, -0.2) is 4.11 Å². The first kappa shape index (κ1) is 8.68. The van der Waals surface area contributed by atoms with Crippen molar-refractivity contribution in [3.8, 4) is 12.3 Å². The third kappa shape index (κ3) is 4.83. The Bertz CT molecular complexity index is 88.9. The van der Waals surface area contributed by atoms with Crippen molar-refractivity contribution in [3.05, 3.63) is 0 Å². The molecule has 0 aromatic heterocycles. The molecule has 0 saturated carbocycles. The Hall–Kier alpha value is 0.680. The van der Waals surface area contributed by atoms with Gasteiger partial charge in [0.25, 0.3) is 0 Å². The average Bonchev–Trinajstić information content (AvgIpc) is 1.83. The lowest BCUT2D eigenvalue weighted by Crippen LogP contribution is -1.93. The van der Waals surface area contributed by atoms with E-state index in [0.29, 0.717) is 0 Å². The molecule has 0 aromatic rings. The van der Waals surface area contributed by atoms with E-state index in [1.54, 1.807) is 0 Å². The largest absolute Gasteiger partial charge is 0.352 e. The summed E-state index contributed by atoms with van der Waals surface area (Å²) >= 11 is 2.19. The van der Waals surface area contributed by atoms with Crippen molar-refractivity contribution in [2.75, 3.05) is 0 Å². The van der Waals surface area contributed by atoms with Gasteiger partial charge in [-0.15, -0.1) is 12.3 Å². The van der Waals surface area contributed by atoms with Crippen molar-refractivity contribution in [3.63, 3.8) is 0 Å². The summed E-state index contributed by atoms with van der Waals surface area (Å²) in [5, 5.41) is 0. The predicted molar refractivity (Wildman–Crippen MR) is 46.7 cm³/mol. The Morgan fingerprint density at radius 3 is 2.88 bits per heavy atom. The minimum atomic E-state index is 0.244. The zero-order valence-electron chi connectivity index (χ0n) is 4.43. The number of rotatable bonds is 3. The Labute approximate surface area is 66.0 Å². The van der Waals surface area contributed by atoms with Gasteiger partial charge in [0.15, 0.2) is 0 Å². The second kappa shape index (κ2) is 5.81. The highest BCUT2D eigenvalue weighted by Gasteiger charge is 1.96. The second-order valence-electron chi connectivity index (χ2n) is 1.29. The van der Waals surface area contributed by atoms with E-state index in [-0.39, 0.29) is 4.11 Å². The van der Waals surface area contributed by atoms with Gasteiger partial charge >= 0.3 is 0 Å². The molecule has 8 heavy (non-hydrogen) atoms. The maximum absolute atomic E-state index is 5.02. The summed E-state index contributed by atoms with van der Waals surface area (Å²) in [6.45, 7) is 0. The maximum Gasteiger partial charge on any atom is 0.113 e. The van der Waals surface area contributed by atoms with E-state index in [2.05, 4.69) is 38.0 Å². The Morgan fingerprint density at radius 2 is 2.50 bits per heavy atom. The molecule has 0 aliphatic carbocycles. The van der Waals surface area contributed by atoms with E-state index in [4.69, 9.17) is 10.9 Å². The summed E-state index contributed by atoms with van der Waals surface area (Å²) in [5.74, 6) is 2.54. The topological polar surface area (TPSA) is 9.23 Å². The van der Waals surface area contributed by atoms with Gasteiger partial charge in [-0.3, -0.25) is 0 Å². The van der Waals surface area contributed by atoms with Crippen LogP contribution in [0.3, 0.4) is 0 Å². The molecule has 3 heteroatoms. The Balaban J connectivity index is 3.01. The van der Waals surface area contributed by atoms with Gasteiger partial charge in [-0.1, -0.05) is 22.6 Å². The Morgan fingerprint density at radius 1 is 1.88 bits per heavy atom. The summed E-state index contributed by atoms with van der Waals surface area (Å²) in [6.07, 6.45) is 6.74. The first-order chi connectivity index (χ1) is 3.81. The molecule has 46 valence electrons. The van der Waals surface area contributed by atoms with Crippen LogP contribution in [0, 0.1) is 12.3 Å². The fourth-order valence-electron chi connectivity index (χ4n) is 0.265. The predicted octanol–water partition coefficient (Wildman–Crippen LogP) is 1.97. The van der Waals surface area contributed by atoms with Gasteiger partial charge in [0.1, 0.15) is 4.11 Å². The van der Waals surface area contributed by atoms with E-state index in [0.717, 1.165) is 12.8 Å². The molecule has 1 unspecified atom stereocenters. The van der Waals surface area contributed by atoms with Crippen LogP contribution in [0.5, 0.6) is 0 Å². The van der Waals surface area contributed by atoms with Crippen molar-refractivity contribution < 1.29 is 4.52 Å². The van der Waals surface area contributed by atoms with E-state index >= 15 is 0 Å². The molecular weight excluding hydrogens is 234 g/mol. The highest BCUT2D eigenvalue weighted by atomic mass is 127. The fourth-order valence-corrected chi connectivity index (χ4v) is 0.712. The van der Waals surface area contributed by atoms with Crippen molar-refractivity contribution in [2.24, 2.45) is 0 Å². The van der Waals surface area contributed by atoms with E-state index in [9.17, 15) is 0 Å². The molecule has 0 bridgehead atoms. The zero-order valence-corrected chi connectivity index (χ0v) is 7.74. The van der Waals surface area contributed by atoms with Crippen molar-refractivity contribution in [1.29, 1.82) is 0 Å². The van der Waals surface area contributed by atoms with Gasteiger partial charge in [-0.05, 0) is 6.42 Å². The second-order valence-corrected chi connectivity index (χ2v) is 2.95. The number of terminal acetylenes is 1. The number of alkyl halides is 1. The van der Waals surface area contributed by atoms with Gasteiger partial charge in [0, 0.05) is 15.9 Å². The summed E-state index contributed by atoms with van der Waals surface area (Å²) < 4.78 is 5.10. The van der Waals surface area contributed by atoms with Gasteiger partial charge in [0.05, 0.1) is 0 Å². The minimum Gasteiger partial charge on any atom is -0.352 e. The summed E-state index contributed by atoms with van der Waals surface area (Å²) in [5.41, 5.74) is 0. The van der Waals surface area contributed by atoms with E-state index in [1.807, 2.05) is 0 Å². The van der Waals surface area contributed by atoms with Crippen LogP contribution in [0.4, 0.5) is 0 Å². The smallest absolute Gasteiger partial charge is 0.113 e. The summed E-state index contributed by atoms with van der Waals surface area (Å²) in [6, 6.07) is 0. The SMILES string of the molecule is C#CCC[C@H](I)OP. The molecule has 0 saturated heterocycles. The van der Waals surface area contributed by atoms with Crippen LogP contribution < -0.4 is 0 Å². The standard InChI is InChI=1S/C5H8IOP/c1-2-3-4-5(6)7-8/h1,5H,3-4,8H2/t5-/m1/s1. The molecular formula is C5H8IOP. The van der Waals surface area contributed by atoms with Crippen LogP contribution in [0.25, 0.3) is 0 Å². The molecule has 1 nitrogen and oxygen atoms in total. The number of hydrogen-bond donors (Lipinski definition) is 0. The first-order valence-corrected chi connectivity index (χ1v) is 3.96. The third-order valence-corrected chi connectivity index (χ3v) is 2.46. The van der Waals surface area contributed by atoms with Crippen molar-refractivity contribution in [1.82, 2.24) is 0 Å². The van der Waals surface area contributed by atoms with Crippen LogP contribution in [-0.2, 0) is 4.52 Å². The quantitative estimate of drug-likeness (QED) is 0.318. The summed E-state index contributed by atoms with van der Waals surface area (Å²) in [7, 11) is 2.21. The highest BCUT2D eigenvalue weighted by Crippen LogP contribution is 2.12. The lowest BCUT2D eigenvalue weighted by molar-refractivity contribution is 0.345. The third-order valence-electron chi connectivity index (χ3n) is 0.663. The highest BCUT2D eigenvalue weighted by molar-refractivity contribution is 14.1. The van der Waals surface area contributed by atoms with Crippen LogP contribution >= 0.6 is 32.1 Å².